The van der Waals surface area contributed by atoms with Gasteiger partial charge in [-0.15, -0.1) is 0 Å². The predicted molar refractivity (Wildman–Crippen MR) is 114 cm³/mol. The van der Waals surface area contributed by atoms with Crippen molar-refractivity contribution in [1.29, 1.82) is 0 Å². The van der Waals surface area contributed by atoms with Gasteiger partial charge >= 0.3 is 5.97 Å². The lowest BCUT2D eigenvalue weighted by molar-refractivity contribution is 0.0698. The summed E-state index contributed by atoms with van der Waals surface area (Å²) in [6.45, 7) is 0.679. The third-order valence-electron chi connectivity index (χ3n) is 5.24. The molecule has 1 aliphatic carbocycles. The smallest absolute Gasteiger partial charge is 0.337 e. The van der Waals surface area contributed by atoms with Crippen LogP contribution in [-0.2, 0) is 12.8 Å². The summed E-state index contributed by atoms with van der Waals surface area (Å²) in [6, 6.07) is 24.3. The molecule has 2 N–H and O–H groups in total. The normalized spacial score (nSPS) is 12.5. The SMILES string of the molecule is O=C(O)c1ccccc1NCCC=C1c2ccccc2CCc2ccccc21. The fourth-order valence-corrected chi connectivity index (χ4v) is 3.88. The van der Waals surface area contributed by atoms with Crippen molar-refractivity contribution in [3.8, 4) is 0 Å². The zero-order chi connectivity index (χ0) is 19.3. The highest BCUT2D eigenvalue weighted by molar-refractivity contribution is 5.94. The number of hydrogen-bond donors (Lipinski definition) is 2. The Kier molecular flexibility index (Phi) is 5.24. The van der Waals surface area contributed by atoms with Crippen molar-refractivity contribution in [3.63, 3.8) is 0 Å². The first-order valence-electron chi connectivity index (χ1n) is 9.67. The van der Waals surface area contributed by atoms with Crippen LogP contribution in [0, 0.1) is 0 Å². The molecule has 0 atom stereocenters. The molecule has 0 saturated carbocycles. The Hall–Kier alpha value is -3.33. The van der Waals surface area contributed by atoms with Crippen LogP contribution in [0.5, 0.6) is 0 Å². The average Bonchev–Trinajstić information content (AvgIpc) is 2.88. The highest BCUT2D eigenvalue weighted by Gasteiger charge is 2.17. The highest BCUT2D eigenvalue weighted by Crippen LogP contribution is 2.33. The number of aromatic carboxylic acids is 1. The van der Waals surface area contributed by atoms with Crippen LogP contribution in [0.1, 0.15) is 39.0 Å². The molecule has 0 spiro atoms. The van der Waals surface area contributed by atoms with Crippen molar-refractivity contribution in [3.05, 3.63) is 107 Å². The van der Waals surface area contributed by atoms with Crippen molar-refractivity contribution in [2.45, 2.75) is 19.3 Å². The zero-order valence-corrected chi connectivity index (χ0v) is 15.7. The maximum Gasteiger partial charge on any atom is 0.337 e. The summed E-state index contributed by atoms with van der Waals surface area (Å²) in [7, 11) is 0. The number of fused-ring (bicyclic) bond motifs is 2. The molecule has 0 heterocycles. The van der Waals surface area contributed by atoms with Gasteiger partial charge in [-0.05, 0) is 59.2 Å². The number of rotatable bonds is 5. The predicted octanol–water partition coefficient (Wildman–Crippen LogP) is 5.42. The Morgan fingerprint density at radius 3 is 2.07 bits per heavy atom. The van der Waals surface area contributed by atoms with Gasteiger partial charge in [-0.25, -0.2) is 4.79 Å². The van der Waals surface area contributed by atoms with Crippen LogP contribution in [0.2, 0.25) is 0 Å². The van der Waals surface area contributed by atoms with Gasteiger partial charge in [-0.1, -0.05) is 66.7 Å². The minimum Gasteiger partial charge on any atom is -0.478 e. The van der Waals surface area contributed by atoms with E-state index < -0.39 is 5.97 Å². The molecule has 0 saturated heterocycles. The van der Waals surface area contributed by atoms with Crippen molar-refractivity contribution in [2.24, 2.45) is 0 Å². The number of carboxylic acids is 1. The minimum absolute atomic E-state index is 0.306. The molecule has 0 bridgehead atoms. The van der Waals surface area contributed by atoms with Crippen LogP contribution in [0.25, 0.3) is 5.57 Å². The first-order valence-corrected chi connectivity index (χ1v) is 9.67. The van der Waals surface area contributed by atoms with Crippen LogP contribution < -0.4 is 5.32 Å². The summed E-state index contributed by atoms with van der Waals surface area (Å²) in [5, 5.41) is 12.6. The van der Waals surface area contributed by atoms with Gasteiger partial charge in [0, 0.05) is 12.2 Å². The van der Waals surface area contributed by atoms with Gasteiger partial charge in [0.15, 0.2) is 0 Å². The summed E-state index contributed by atoms with van der Waals surface area (Å²) >= 11 is 0. The van der Waals surface area contributed by atoms with Gasteiger partial charge in [0.25, 0.3) is 0 Å². The van der Waals surface area contributed by atoms with Gasteiger partial charge in [-0.3, -0.25) is 0 Å². The molecular formula is C25H23NO2. The Balaban J connectivity index is 1.59. The molecule has 3 heteroatoms. The summed E-state index contributed by atoms with van der Waals surface area (Å²) in [5.41, 5.74) is 7.62. The van der Waals surface area contributed by atoms with Crippen LogP contribution in [0.15, 0.2) is 78.9 Å². The molecule has 0 fully saturated rings. The molecule has 0 amide bonds. The number of aryl methyl sites for hydroxylation is 2. The standard InChI is InChI=1S/C25H23NO2/c27-25(28)23-12-5-6-14-24(23)26-17-7-13-22-20-10-3-1-8-18(20)15-16-19-9-2-4-11-21(19)22/h1-6,8-14,26H,7,15-17H2,(H,27,28). The van der Waals surface area contributed by atoms with Gasteiger partial charge in [-0.2, -0.15) is 0 Å². The summed E-state index contributed by atoms with van der Waals surface area (Å²) in [5.74, 6) is -0.909. The molecule has 4 rings (SSSR count). The largest absolute Gasteiger partial charge is 0.478 e. The Morgan fingerprint density at radius 2 is 1.43 bits per heavy atom. The Morgan fingerprint density at radius 1 is 0.857 bits per heavy atom. The summed E-state index contributed by atoms with van der Waals surface area (Å²) in [4.78, 5) is 11.4. The number of benzene rings is 3. The fraction of sp³-hybridized carbons (Fsp3) is 0.160. The van der Waals surface area contributed by atoms with E-state index in [9.17, 15) is 9.90 Å². The van der Waals surface area contributed by atoms with Crippen LogP contribution in [0.3, 0.4) is 0 Å². The minimum atomic E-state index is -0.909. The monoisotopic (exact) mass is 369 g/mol. The average molecular weight is 369 g/mol. The van der Waals surface area contributed by atoms with E-state index in [2.05, 4.69) is 59.9 Å². The molecule has 3 nitrogen and oxygen atoms in total. The topological polar surface area (TPSA) is 49.3 Å². The number of nitrogens with one attached hydrogen (secondary N) is 1. The molecule has 0 radical (unpaired) electrons. The molecule has 0 aromatic heterocycles. The molecule has 140 valence electrons. The Bertz CT molecular complexity index is 986. The van der Waals surface area contributed by atoms with Gasteiger partial charge in [0.2, 0.25) is 0 Å². The van der Waals surface area contributed by atoms with Crippen LogP contribution in [-0.4, -0.2) is 17.6 Å². The second-order valence-corrected chi connectivity index (χ2v) is 7.00. The lowest BCUT2D eigenvalue weighted by Gasteiger charge is -2.13. The van der Waals surface area contributed by atoms with E-state index in [1.807, 2.05) is 12.1 Å². The van der Waals surface area contributed by atoms with Crippen molar-refractivity contribution in [2.75, 3.05) is 11.9 Å². The molecular weight excluding hydrogens is 346 g/mol. The van der Waals surface area contributed by atoms with Crippen molar-refractivity contribution in [1.82, 2.24) is 0 Å². The van der Waals surface area contributed by atoms with E-state index in [1.54, 1.807) is 12.1 Å². The lowest BCUT2D eigenvalue weighted by atomic mass is 9.93. The van der Waals surface area contributed by atoms with E-state index in [-0.39, 0.29) is 0 Å². The number of carbonyl (C=O) groups is 1. The van der Waals surface area contributed by atoms with Gasteiger partial charge < -0.3 is 10.4 Å². The Labute approximate surface area is 165 Å². The quantitative estimate of drug-likeness (QED) is 0.591. The number of carboxylic acid groups (broad SMARTS) is 1. The first kappa shape index (κ1) is 18.1. The van der Waals surface area contributed by atoms with E-state index in [4.69, 9.17) is 0 Å². The van der Waals surface area contributed by atoms with Crippen LogP contribution >= 0.6 is 0 Å². The summed E-state index contributed by atoms with van der Waals surface area (Å²) in [6.07, 6.45) is 5.19. The third-order valence-corrected chi connectivity index (χ3v) is 5.24. The van der Waals surface area contributed by atoms with Crippen molar-refractivity contribution < 1.29 is 9.90 Å². The first-order chi connectivity index (χ1) is 13.7. The van der Waals surface area contributed by atoms with Gasteiger partial charge in [0.1, 0.15) is 0 Å². The molecule has 1 aliphatic rings. The fourth-order valence-electron chi connectivity index (χ4n) is 3.88. The molecule has 3 aromatic carbocycles. The molecule has 3 aromatic rings. The van der Waals surface area contributed by atoms with Crippen LogP contribution in [0.4, 0.5) is 5.69 Å². The van der Waals surface area contributed by atoms with E-state index in [0.717, 1.165) is 19.3 Å². The number of hydrogen-bond acceptors (Lipinski definition) is 2. The summed E-state index contributed by atoms with van der Waals surface area (Å²) < 4.78 is 0. The van der Waals surface area contributed by atoms with E-state index >= 15 is 0 Å². The highest BCUT2D eigenvalue weighted by atomic mass is 16.4. The second kappa shape index (κ2) is 8.13. The maximum absolute atomic E-state index is 11.4. The van der Waals surface area contributed by atoms with Crippen molar-refractivity contribution >= 4 is 17.2 Å². The zero-order valence-electron chi connectivity index (χ0n) is 15.7. The number of para-hydroxylation sites is 1. The van der Waals surface area contributed by atoms with E-state index in [0.29, 0.717) is 17.8 Å². The van der Waals surface area contributed by atoms with E-state index in [1.165, 1.54) is 27.8 Å². The maximum atomic E-state index is 11.4. The number of anilines is 1. The third kappa shape index (κ3) is 3.70. The molecule has 28 heavy (non-hydrogen) atoms. The second-order valence-electron chi connectivity index (χ2n) is 7.00. The molecule has 0 aliphatic heterocycles. The molecule has 0 unspecified atom stereocenters. The van der Waals surface area contributed by atoms with Gasteiger partial charge in [0.05, 0.1) is 5.56 Å². The lowest BCUT2D eigenvalue weighted by Crippen LogP contribution is -2.07.